The summed E-state index contributed by atoms with van der Waals surface area (Å²) in [7, 11) is 1.66. The largest absolute Gasteiger partial charge is 0.445 e. The number of likely N-dealkylation sites (tertiary alicyclic amines) is 2. The van der Waals surface area contributed by atoms with Crippen LogP contribution < -0.4 is 48.3 Å². The minimum Gasteiger partial charge on any atom is -0.445 e. The van der Waals surface area contributed by atoms with Crippen LogP contribution in [0.25, 0.3) is 21.5 Å². The number of carbonyl (C=O) groups excluding carboxylic acids is 17. The van der Waals surface area contributed by atoms with Gasteiger partial charge in [-0.25, -0.2) is 9.78 Å². The fourth-order valence-corrected chi connectivity index (χ4v) is 20.1. The van der Waals surface area contributed by atoms with Gasteiger partial charge < -0.3 is 96.7 Å². The lowest BCUT2D eigenvalue weighted by atomic mass is 9.85. The quantitative estimate of drug-likeness (QED) is 0.0329. The van der Waals surface area contributed by atoms with E-state index in [1.54, 1.807) is 23.7 Å². The summed E-state index contributed by atoms with van der Waals surface area (Å²) in [5, 5.41) is 25.1. The summed E-state index contributed by atoms with van der Waals surface area (Å²) >= 11 is 0. The molecule has 1 aromatic heterocycles. The van der Waals surface area contributed by atoms with Crippen LogP contribution in [0.15, 0.2) is 110 Å². The number of carbonyl (C=O) groups is 17. The van der Waals surface area contributed by atoms with Crippen LogP contribution in [-0.4, -0.2) is 296 Å². The summed E-state index contributed by atoms with van der Waals surface area (Å²) in [6, 6.07) is 14.0. The zero-order chi connectivity index (χ0) is 80.9. The van der Waals surface area contributed by atoms with Crippen LogP contribution >= 0.6 is 0 Å². The van der Waals surface area contributed by atoms with Crippen molar-refractivity contribution in [2.45, 2.75) is 159 Å². The summed E-state index contributed by atoms with van der Waals surface area (Å²) in [6.07, 6.45) is 1.10. The molecule has 4 aromatic carbocycles. The van der Waals surface area contributed by atoms with Gasteiger partial charge in [-0.3, -0.25) is 76.8 Å². The lowest BCUT2D eigenvalue weighted by Gasteiger charge is -2.48. The smallest absolute Gasteiger partial charge is 0.410 e. The number of nitrogens with zero attached hydrogens (tertiary/aromatic N) is 10. The highest BCUT2D eigenvalue weighted by molar-refractivity contribution is 6.12. The predicted molar refractivity (Wildman–Crippen MR) is 396 cm³/mol. The summed E-state index contributed by atoms with van der Waals surface area (Å²) in [5.74, 6) is -10.9. The Labute approximate surface area is 655 Å². The number of nitrogens with two attached hydrogens (primary N) is 1. The first-order valence-electron chi connectivity index (χ1n) is 38.3. The third kappa shape index (κ3) is 11.6. The minimum atomic E-state index is -2.05. The standard InChI is InChI=1S/C78H83N19O18/c1-4-21-115-72(114)95-39-78(28-55(95)61(103)82-46(33-98)22-44-15-9-13-42-11-5-7-17-48(42)44)71(113)93-36-75(25-56(93)64(106)96(78)31-45-16-10-14-43-12-6-8-18-49(43)45)68(110)91-34-73(23-52(91)62(104)87-75)66(108)83-50(58(100)85-73)19-20-81-60(102)54-27-77(38-90(54)41(2)99)70(112)94-37-76(26-57(94)65(107)97(77)32-47-30-80-40-89(47)3)69(111)92-35-74(24-53(92)63(105)88-76)67(109)84-51(29-79)59(101)86-74/h4-18,30,33,40,46,50-57H,1,19-29,31-32,34-39,79H2,2-3H3,(H,81,102)(H,82,103)(H,83,108)(H,84,109)(H,85,100)(H,86,101)(H,87,104)(H,88,105)/t46-,50+,51-,52?,53-,54-,55-,56?,57-,73-,74-,75-,76-,77-,78-/m0/s1. The molecule has 598 valence electrons. The van der Waals surface area contributed by atoms with Crippen molar-refractivity contribution in [3.05, 3.63) is 127 Å². The van der Waals surface area contributed by atoms with Crippen LogP contribution in [0.5, 0.6) is 0 Å². The van der Waals surface area contributed by atoms with E-state index in [2.05, 4.69) is 54.1 Å². The highest BCUT2D eigenvalue weighted by Gasteiger charge is 2.73. The van der Waals surface area contributed by atoms with Crippen molar-refractivity contribution in [1.29, 1.82) is 0 Å². The molecule has 15 atom stereocenters. The van der Waals surface area contributed by atoms with Crippen molar-refractivity contribution in [2.24, 2.45) is 12.8 Å². The molecule has 16 amide bonds. The molecule has 5 aromatic rings. The second kappa shape index (κ2) is 27.3. The number of aryl methyl sites for hydroxylation is 1. The van der Waals surface area contributed by atoms with E-state index in [0.717, 1.165) is 41.8 Å². The van der Waals surface area contributed by atoms with E-state index in [4.69, 9.17) is 10.5 Å². The molecule has 2 unspecified atom stereocenters. The predicted octanol–water partition coefficient (Wildman–Crippen LogP) is -5.15. The molecule has 13 heterocycles. The third-order valence-corrected chi connectivity index (χ3v) is 25.9. The molecule has 37 heteroatoms. The number of aldehydes is 1. The topological polar surface area (TPSA) is 465 Å². The van der Waals surface area contributed by atoms with Crippen molar-refractivity contribution >= 4 is 123 Å². The van der Waals surface area contributed by atoms with E-state index in [0.29, 0.717) is 17.5 Å². The number of amides is 16. The highest BCUT2D eigenvalue weighted by atomic mass is 16.6. The van der Waals surface area contributed by atoms with Crippen LogP contribution in [0, 0.1) is 0 Å². The Balaban J connectivity index is 0.582. The maximum absolute atomic E-state index is 16.1. The van der Waals surface area contributed by atoms with Crippen LogP contribution in [-0.2, 0) is 108 Å². The summed E-state index contributed by atoms with van der Waals surface area (Å²) in [4.78, 5) is 262. The lowest BCUT2D eigenvalue weighted by molar-refractivity contribution is -0.169. The SMILES string of the molecule is C=CCOC(=O)N1C[C@@]2(C[C@H]1C(=O)N[C@H](C=O)Cc1cccc3ccccc13)C(=O)N1C[C@]3(CC1C(=O)N2Cc1cccc2ccccc12)NC(=O)C1C[C@@]2(CN1C3=O)NC(=O)[C@@H](CCNC(=O)[C@@H]1C[C@]3(CN1C(C)=O)C(=O)N1C[C@]4(C[C@H]1C(=O)N3Cc1cncn1C)NC(=O)[C@@H]1C[C@@]3(CN1C4=O)NC(=O)[C@H](CN)NC3=O)NC2=O. The molecular formula is C78H83N19O18. The van der Waals surface area contributed by atoms with E-state index < -0.39 is 254 Å². The molecule has 37 nitrogen and oxygen atoms in total. The molecule has 0 radical (unpaired) electrons. The molecule has 0 bridgehead atoms. The van der Waals surface area contributed by atoms with E-state index >= 15 is 24.0 Å². The average Bonchev–Trinajstić information content (AvgIpc) is 1.54. The molecule has 12 aliphatic rings. The number of nitrogens with one attached hydrogen (secondary N) is 8. The molecule has 12 saturated heterocycles. The summed E-state index contributed by atoms with van der Waals surface area (Å²) in [5.41, 5.74) is -4.02. The summed E-state index contributed by atoms with van der Waals surface area (Å²) < 4.78 is 7.16. The van der Waals surface area contributed by atoms with Gasteiger partial charge in [-0.15, -0.1) is 0 Å². The number of hydrogen-bond donors (Lipinski definition) is 9. The van der Waals surface area contributed by atoms with Gasteiger partial charge >= 0.3 is 6.09 Å². The number of aromatic nitrogens is 2. The molecule has 115 heavy (non-hydrogen) atoms. The number of piperazine rings is 6. The van der Waals surface area contributed by atoms with Gasteiger partial charge in [-0.2, -0.15) is 0 Å². The molecule has 10 N–H and O–H groups in total. The number of ether oxygens (including phenoxy) is 1. The number of benzene rings is 4. The normalized spacial score (nSPS) is 32.1. The van der Waals surface area contributed by atoms with E-state index in [1.807, 2.05) is 72.8 Å². The third-order valence-electron chi connectivity index (χ3n) is 25.9. The van der Waals surface area contributed by atoms with Gasteiger partial charge in [0.25, 0.3) is 23.6 Å². The van der Waals surface area contributed by atoms with Gasteiger partial charge in [0.1, 0.15) is 94.5 Å². The zero-order valence-corrected chi connectivity index (χ0v) is 62.6. The van der Waals surface area contributed by atoms with E-state index in [-0.39, 0.29) is 52.0 Å². The Morgan fingerprint density at radius 2 is 1.05 bits per heavy atom. The Bertz CT molecular complexity index is 5180. The van der Waals surface area contributed by atoms with Gasteiger partial charge in [-0.05, 0) is 39.1 Å². The molecule has 12 fully saturated rings. The average molecular weight is 1570 g/mol. The highest BCUT2D eigenvalue weighted by Crippen LogP contribution is 2.50. The number of rotatable bonds is 16. The Morgan fingerprint density at radius 1 is 0.574 bits per heavy atom. The fourth-order valence-electron chi connectivity index (χ4n) is 20.1. The van der Waals surface area contributed by atoms with Crippen molar-refractivity contribution in [3.63, 3.8) is 0 Å². The lowest BCUT2D eigenvalue weighted by Crippen LogP contribution is -2.72. The van der Waals surface area contributed by atoms with Crippen molar-refractivity contribution in [2.75, 3.05) is 59.0 Å². The van der Waals surface area contributed by atoms with Crippen LogP contribution in [0.3, 0.4) is 0 Å². The van der Waals surface area contributed by atoms with Crippen molar-refractivity contribution < 1.29 is 86.2 Å². The molecule has 6 spiro atoms. The monoisotopic (exact) mass is 1570 g/mol. The second-order valence-corrected chi connectivity index (χ2v) is 32.5. The minimum absolute atomic E-state index is 0.0515. The van der Waals surface area contributed by atoms with Crippen molar-refractivity contribution in [1.82, 2.24) is 91.3 Å². The van der Waals surface area contributed by atoms with Crippen LogP contribution in [0.2, 0.25) is 0 Å². The van der Waals surface area contributed by atoms with Gasteiger partial charge in [-0.1, -0.05) is 97.6 Å². The number of hydrogen-bond acceptors (Lipinski definition) is 20. The molecule has 17 rings (SSSR count). The fraction of sp³-hybridized carbons (Fsp3) is 0.462. The van der Waals surface area contributed by atoms with E-state index in [9.17, 15) is 57.5 Å². The molecular weight excluding hydrogens is 1490 g/mol. The van der Waals surface area contributed by atoms with E-state index in [1.165, 1.54) is 50.0 Å². The van der Waals surface area contributed by atoms with Gasteiger partial charge in [0.2, 0.25) is 65.0 Å². The maximum Gasteiger partial charge on any atom is 0.410 e. The maximum atomic E-state index is 16.1. The van der Waals surface area contributed by atoms with Crippen LogP contribution in [0.1, 0.15) is 68.7 Å². The van der Waals surface area contributed by atoms with Crippen molar-refractivity contribution in [3.8, 4) is 0 Å². The molecule has 12 aliphatic heterocycles. The van der Waals surface area contributed by atoms with Crippen LogP contribution in [0.4, 0.5) is 4.79 Å². The first-order valence-corrected chi connectivity index (χ1v) is 38.3. The Morgan fingerprint density at radius 3 is 1.59 bits per heavy atom. The Hall–Kier alpha value is -12.7. The zero-order valence-electron chi connectivity index (χ0n) is 62.6. The molecule has 0 aliphatic carbocycles. The van der Waals surface area contributed by atoms with Gasteiger partial charge in [0.15, 0.2) is 0 Å². The summed E-state index contributed by atoms with van der Waals surface area (Å²) in [6.45, 7) is 0.361. The number of imidazole rings is 1. The molecule has 0 saturated carbocycles. The van der Waals surface area contributed by atoms with Gasteiger partial charge in [0.05, 0.1) is 63.9 Å². The van der Waals surface area contributed by atoms with Gasteiger partial charge in [0, 0.05) is 84.7 Å². The Kier molecular flexibility index (Phi) is 17.8. The first kappa shape index (κ1) is 75.0. The second-order valence-electron chi connectivity index (χ2n) is 32.5. The number of fused-ring (bicyclic) bond motifs is 6. The first-order chi connectivity index (χ1) is 55.0.